The van der Waals surface area contributed by atoms with Crippen LogP contribution in [0.3, 0.4) is 0 Å². The fraction of sp³-hybridized carbons (Fsp3) is 0.545. The SMILES string of the molecule is CN(C)C(C)(C)CNS(=O)(=O)c1ccnc(Cl)c1. The molecule has 0 unspecified atom stereocenters. The van der Waals surface area contributed by atoms with E-state index >= 15 is 0 Å². The summed E-state index contributed by atoms with van der Waals surface area (Å²) < 4.78 is 26.6. The van der Waals surface area contributed by atoms with Gasteiger partial charge in [-0.25, -0.2) is 18.1 Å². The van der Waals surface area contributed by atoms with E-state index in [9.17, 15) is 8.42 Å². The Morgan fingerprint density at radius 3 is 2.56 bits per heavy atom. The van der Waals surface area contributed by atoms with Crippen molar-refractivity contribution in [3.05, 3.63) is 23.5 Å². The van der Waals surface area contributed by atoms with E-state index in [0.717, 1.165) is 0 Å². The molecule has 0 spiro atoms. The molecule has 0 saturated heterocycles. The van der Waals surface area contributed by atoms with Gasteiger partial charge in [0.2, 0.25) is 10.0 Å². The van der Waals surface area contributed by atoms with Crippen LogP contribution in [0.2, 0.25) is 5.15 Å². The van der Waals surface area contributed by atoms with E-state index in [1.165, 1.54) is 18.3 Å². The highest BCUT2D eigenvalue weighted by Gasteiger charge is 2.24. The van der Waals surface area contributed by atoms with Crippen molar-refractivity contribution in [2.45, 2.75) is 24.3 Å². The van der Waals surface area contributed by atoms with Gasteiger partial charge in [0.1, 0.15) is 5.15 Å². The summed E-state index contributed by atoms with van der Waals surface area (Å²) in [6.45, 7) is 4.21. The topological polar surface area (TPSA) is 62.3 Å². The number of likely N-dealkylation sites (N-methyl/N-ethyl adjacent to an activating group) is 1. The maximum Gasteiger partial charge on any atom is 0.240 e. The third kappa shape index (κ3) is 3.91. The second kappa shape index (κ2) is 5.52. The molecule has 1 aromatic heterocycles. The summed E-state index contributed by atoms with van der Waals surface area (Å²) in [5, 5.41) is 0.157. The minimum absolute atomic E-state index is 0.122. The first-order chi connectivity index (χ1) is 8.15. The highest BCUT2D eigenvalue weighted by Crippen LogP contribution is 2.14. The summed E-state index contributed by atoms with van der Waals surface area (Å²) in [5.41, 5.74) is -0.274. The first kappa shape index (κ1) is 15.4. The predicted octanol–water partition coefficient (Wildman–Crippen LogP) is 1.35. The average Bonchev–Trinajstić information content (AvgIpc) is 2.26. The average molecular weight is 292 g/mol. The molecule has 18 heavy (non-hydrogen) atoms. The van der Waals surface area contributed by atoms with E-state index in [0.29, 0.717) is 6.54 Å². The van der Waals surface area contributed by atoms with E-state index in [-0.39, 0.29) is 15.6 Å². The molecule has 0 saturated carbocycles. The van der Waals surface area contributed by atoms with E-state index in [2.05, 4.69) is 9.71 Å². The zero-order chi connectivity index (χ0) is 14.0. The Labute approximate surface area is 113 Å². The van der Waals surface area contributed by atoms with Crippen LogP contribution in [0.15, 0.2) is 23.2 Å². The minimum Gasteiger partial charge on any atom is -0.303 e. The molecule has 0 aromatic carbocycles. The second-order valence-electron chi connectivity index (χ2n) is 4.85. The van der Waals surface area contributed by atoms with Crippen LogP contribution < -0.4 is 4.72 Å². The van der Waals surface area contributed by atoms with Gasteiger partial charge in [-0.2, -0.15) is 0 Å². The molecule has 1 N–H and O–H groups in total. The molecule has 1 aromatic rings. The minimum atomic E-state index is -3.55. The number of halogens is 1. The van der Waals surface area contributed by atoms with Crippen molar-refractivity contribution < 1.29 is 8.42 Å². The van der Waals surface area contributed by atoms with Crippen molar-refractivity contribution in [2.24, 2.45) is 0 Å². The maximum atomic E-state index is 12.0. The lowest BCUT2D eigenvalue weighted by molar-refractivity contribution is 0.199. The summed E-state index contributed by atoms with van der Waals surface area (Å²) >= 11 is 5.68. The molecule has 1 rings (SSSR count). The summed E-state index contributed by atoms with van der Waals surface area (Å²) in [6.07, 6.45) is 1.37. The highest BCUT2D eigenvalue weighted by molar-refractivity contribution is 7.89. The van der Waals surface area contributed by atoms with Gasteiger partial charge in [0.05, 0.1) is 4.90 Å². The van der Waals surface area contributed by atoms with Crippen LogP contribution in [0, 0.1) is 0 Å². The van der Waals surface area contributed by atoms with Crippen LogP contribution in [0.25, 0.3) is 0 Å². The Bertz CT molecular complexity index is 515. The molecule has 0 aliphatic heterocycles. The molecule has 0 amide bonds. The molecule has 0 fully saturated rings. The van der Waals surface area contributed by atoms with Crippen molar-refractivity contribution in [3.63, 3.8) is 0 Å². The van der Waals surface area contributed by atoms with Crippen molar-refractivity contribution in [1.82, 2.24) is 14.6 Å². The third-order valence-electron chi connectivity index (χ3n) is 2.91. The fourth-order valence-electron chi connectivity index (χ4n) is 1.06. The number of pyridine rings is 1. The number of sulfonamides is 1. The number of hydrogen-bond acceptors (Lipinski definition) is 4. The van der Waals surface area contributed by atoms with E-state index in [1.807, 2.05) is 32.8 Å². The van der Waals surface area contributed by atoms with Gasteiger partial charge in [-0.1, -0.05) is 11.6 Å². The van der Waals surface area contributed by atoms with Crippen molar-refractivity contribution in [3.8, 4) is 0 Å². The van der Waals surface area contributed by atoms with Crippen molar-refractivity contribution >= 4 is 21.6 Å². The van der Waals surface area contributed by atoms with Gasteiger partial charge in [0.25, 0.3) is 0 Å². The van der Waals surface area contributed by atoms with Gasteiger partial charge >= 0.3 is 0 Å². The number of nitrogens with zero attached hydrogens (tertiary/aromatic N) is 2. The lowest BCUT2D eigenvalue weighted by atomic mass is 10.1. The Kier molecular flexibility index (Phi) is 4.72. The van der Waals surface area contributed by atoms with Crippen LogP contribution in [0.4, 0.5) is 0 Å². The zero-order valence-electron chi connectivity index (χ0n) is 10.9. The first-order valence-electron chi connectivity index (χ1n) is 5.44. The molecular weight excluding hydrogens is 274 g/mol. The second-order valence-corrected chi connectivity index (χ2v) is 7.00. The van der Waals surface area contributed by atoms with Gasteiger partial charge in [-0.3, -0.25) is 0 Å². The number of hydrogen-bond donors (Lipinski definition) is 1. The third-order valence-corrected chi connectivity index (χ3v) is 4.52. The molecule has 0 radical (unpaired) electrons. The number of aromatic nitrogens is 1. The van der Waals surface area contributed by atoms with Crippen LogP contribution in [-0.4, -0.2) is 44.5 Å². The summed E-state index contributed by atoms with van der Waals surface area (Å²) in [4.78, 5) is 5.83. The molecule has 0 aliphatic rings. The Morgan fingerprint density at radius 2 is 2.06 bits per heavy atom. The van der Waals surface area contributed by atoms with Gasteiger partial charge in [0.15, 0.2) is 0 Å². The molecular formula is C11H18ClN3O2S. The molecule has 0 bridgehead atoms. The molecule has 0 atom stereocenters. The van der Waals surface area contributed by atoms with Gasteiger partial charge < -0.3 is 4.90 Å². The summed E-state index contributed by atoms with van der Waals surface area (Å²) in [6, 6.07) is 2.74. The number of nitrogens with one attached hydrogen (secondary N) is 1. The summed E-state index contributed by atoms with van der Waals surface area (Å²) in [7, 11) is 0.250. The highest BCUT2D eigenvalue weighted by atomic mass is 35.5. The lowest BCUT2D eigenvalue weighted by Gasteiger charge is -2.32. The zero-order valence-corrected chi connectivity index (χ0v) is 12.5. The largest absolute Gasteiger partial charge is 0.303 e. The Morgan fingerprint density at radius 1 is 1.44 bits per heavy atom. The quantitative estimate of drug-likeness (QED) is 0.832. The van der Waals surface area contributed by atoms with Crippen LogP contribution in [0.1, 0.15) is 13.8 Å². The summed E-state index contributed by atoms with van der Waals surface area (Å²) in [5.74, 6) is 0. The van der Waals surface area contributed by atoms with E-state index < -0.39 is 10.0 Å². The first-order valence-corrected chi connectivity index (χ1v) is 7.30. The molecule has 7 heteroatoms. The van der Waals surface area contributed by atoms with Crippen LogP contribution in [0.5, 0.6) is 0 Å². The van der Waals surface area contributed by atoms with Crippen LogP contribution in [-0.2, 0) is 10.0 Å². The van der Waals surface area contributed by atoms with Gasteiger partial charge in [-0.05, 0) is 40.1 Å². The van der Waals surface area contributed by atoms with Crippen molar-refractivity contribution in [1.29, 1.82) is 0 Å². The van der Waals surface area contributed by atoms with E-state index in [4.69, 9.17) is 11.6 Å². The maximum absolute atomic E-state index is 12.0. The Balaban J connectivity index is 2.84. The monoisotopic (exact) mass is 291 g/mol. The van der Waals surface area contributed by atoms with Gasteiger partial charge in [0, 0.05) is 18.3 Å². The van der Waals surface area contributed by atoms with Crippen LogP contribution >= 0.6 is 11.6 Å². The van der Waals surface area contributed by atoms with Crippen molar-refractivity contribution in [2.75, 3.05) is 20.6 Å². The van der Waals surface area contributed by atoms with E-state index in [1.54, 1.807) is 0 Å². The normalized spacial score (nSPS) is 13.0. The lowest BCUT2D eigenvalue weighted by Crippen LogP contribution is -2.48. The standard InChI is InChI=1S/C11H18ClN3O2S/c1-11(2,15(3)4)8-14-18(16,17)9-5-6-13-10(12)7-9/h5-7,14H,8H2,1-4H3. The molecule has 1 heterocycles. The Hall–Kier alpha value is -0.690. The smallest absolute Gasteiger partial charge is 0.240 e. The molecule has 0 aliphatic carbocycles. The number of rotatable bonds is 5. The predicted molar refractivity (Wildman–Crippen MR) is 72.2 cm³/mol. The molecule has 5 nitrogen and oxygen atoms in total. The van der Waals surface area contributed by atoms with Gasteiger partial charge in [-0.15, -0.1) is 0 Å². The fourth-order valence-corrected chi connectivity index (χ4v) is 2.52. The molecule has 102 valence electrons.